The Morgan fingerprint density at radius 1 is 1.13 bits per heavy atom. The monoisotopic (exact) mass is 519 g/mol. The molecule has 2 N–H and O–H groups in total. The molecule has 196 valence electrons. The molecule has 5 rings (SSSR count). The van der Waals surface area contributed by atoms with Gasteiger partial charge >= 0.3 is 5.97 Å². The maximum absolute atomic E-state index is 15.6. The van der Waals surface area contributed by atoms with E-state index >= 15 is 8.78 Å². The number of aliphatic carboxylic acids is 1. The molecule has 0 spiro atoms. The normalized spacial score (nSPS) is 18.3. The van der Waals surface area contributed by atoms with Gasteiger partial charge in [-0.15, -0.1) is 0 Å². The number of carbonyl (C=O) groups is 1. The van der Waals surface area contributed by atoms with Crippen LogP contribution in [0.4, 0.5) is 13.2 Å². The van der Waals surface area contributed by atoms with Crippen molar-refractivity contribution in [3.8, 4) is 11.1 Å². The molecule has 4 aromatic rings. The minimum absolute atomic E-state index is 0.0171. The van der Waals surface area contributed by atoms with Crippen LogP contribution in [-0.2, 0) is 11.2 Å². The van der Waals surface area contributed by atoms with Crippen LogP contribution in [0.25, 0.3) is 28.1 Å². The van der Waals surface area contributed by atoms with Crippen molar-refractivity contribution in [3.63, 3.8) is 0 Å². The number of nitrogens with zero attached hydrogens (tertiary/aromatic N) is 2. The van der Waals surface area contributed by atoms with Crippen LogP contribution in [0.2, 0.25) is 0 Å². The number of halogens is 3. The van der Waals surface area contributed by atoms with Crippen LogP contribution in [0.1, 0.15) is 49.1 Å². The summed E-state index contributed by atoms with van der Waals surface area (Å²) in [6, 6.07) is 13.0. The molecule has 0 fully saturated rings. The summed E-state index contributed by atoms with van der Waals surface area (Å²) in [7, 11) is 0. The first-order valence-electron chi connectivity index (χ1n) is 12.4. The second-order valence-corrected chi connectivity index (χ2v) is 10.5. The van der Waals surface area contributed by atoms with E-state index in [0.29, 0.717) is 12.0 Å². The third-order valence-electron chi connectivity index (χ3n) is 6.98. The summed E-state index contributed by atoms with van der Waals surface area (Å²) in [4.78, 5) is 12.7. The summed E-state index contributed by atoms with van der Waals surface area (Å²) < 4.78 is 46.1. The lowest BCUT2D eigenvalue weighted by Gasteiger charge is -2.44. The second kappa shape index (κ2) is 9.76. The van der Waals surface area contributed by atoms with E-state index in [0.717, 1.165) is 51.9 Å². The van der Waals surface area contributed by atoms with E-state index in [1.807, 2.05) is 48.2 Å². The minimum atomic E-state index is -1.60. The largest absolute Gasteiger partial charge is 0.478 e. The average Bonchev–Trinajstić information content (AvgIpc) is 3.31. The van der Waals surface area contributed by atoms with Crippen LogP contribution < -0.4 is 0 Å². The van der Waals surface area contributed by atoms with Crippen LogP contribution in [0, 0.1) is 11.6 Å². The number of hydrogen-bond donors (Lipinski definition) is 2. The quantitative estimate of drug-likeness (QED) is 0.279. The molecule has 0 aliphatic carbocycles. The predicted octanol–water partition coefficient (Wildman–Crippen LogP) is 6.69. The van der Waals surface area contributed by atoms with Crippen molar-refractivity contribution >= 4 is 22.9 Å². The lowest BCUT2D eigenvalue weighted by atomic mass is 9.82. The van der Waals surface area contributed by atoms with E-state index in [1.54, 1.807) is 6.20 Å². The van der Waals surface area contributed by atoms with Gasteiger partial charge in [-0.25, -0.2) is 18.0 Å². The average molecular weight is 520 g/mol. The number of alkyl halides is 1. The van der Waals surface area contributed by atoms with E-state index in [1.165, 1.54) is 13.8 Å². The number of rotatable bonds is 6. The van der Waals surface area contributed by atoms with Gasteiger partial charge in [-0.3, -0.25) is 10.00 Å². The van der Waals surface area contributed by atoms with Gasteiger partial charge in [-0.2, -0.15) is 5.10 Å². The fraction of sp³-hybridized carbons (Fsp3) is 0.267. The maximum Gasteiger partial charge on any atom is 0.328 e. The molecule has 1 aliphatic rings. The summed E-state index contributed by atoms with van der Waals surface area (Å²) in [6.07, 6.45) is 4.31. The highest BCUT2D eigenvalue weighted by molar-refractivity contribution is 5.85. The van der Waals surface area contributed by atoms with Crippen molar-refractivity contribution in [1.29, 1.82) is 0 Å². The Balaban J connectivity index is 1.63. The van der Waals surface area contributed by atoms with E-state index in [9.17, 15) is 9.18 Å². The predicted molar refractivity (Wildman–Crippen MR) is 141 cm³/mol. The van der Waals surface area contributed by atoms with Gasteiger partial charge < -0.3 is 5.11 Å². The van der Waals surface area contributed by atoms with Crippen molar-refractivity contribution < 1.29 is 23.1 Å². The Kier molecular flexibility index (Phi) is 6.61. The van der Waals surface area contributed by atoms with Crippen LogP contribution >= 0.6 is 0 Å². The first-order chi connectivity index (χ1) is 18.0. The molecule has 38 heavy (non-hydrogen) atoms. The molecule has 0 bridgehead atoms. The third-order valence-corrected chi connectivity index (χ3v) is 6.98. The molecule has 0 saturated carbocycles. The molecule has 1 aromatic heterocycles. The van der Waals surface area contributed by atoms with Crippen LogP contribution in [-0.4, -0.2) is 44.4 Å². The highest BCUT2D eigenvalue weighted by Gasteiger charge is 2.39. The number of carboxylic acids is 1. The summed E-state index contributed by atoms with van der Waals surface area (Å²) in [5.74, 6) is -2.84. The van der Waals surface area contributed by atoms with Crippen LogP contribution in [0.5, 0.6) is 0 Å². The number of nitrogens with one attached hydrogen (secondary N) is 1. The first kappa shape index (κ1) is 25.7. The van der Waals surface area contributed by atoms with Gasteiger partial charge in [-0.05, 0) is 85.4 Å². The number of aromatic nitrogens is 2. The zero-order valence-corrected chi connectivity index (χ0v) is 21.3. The van der Waals surface area contributed by atoms with Crippen LogP contribution in [0.15, 0.2) is 60.8 Å². The summed E-state index contributed by atoms with van der Waals surface area (Å²) in [5.41, 5.74) is 2.86. The standard InChI is InChI=1S/C30H28F3N3O2/c1-17-10-21-13-19(20-6-8-26-22(14-20)15-34-35-26)5-7-23(21)29(36(17)16-30(2,3)33)28-24(31)11-18(12-25(28)32)4-9-27(37)38/h4-9,11-15,17,29H,10,16H2,1-3H3,(H,34,35)(H,37,38)/b9-4+/t17-,29+/m0/s1. The summed E-state index contributed by atoms with van der Waals surface area (Å²) >= 11 is 0. The number of carboxylic acid groups (broad SMARTS) is 1. The molecule has 0 radical (unpaired) electrons. The minimum Gasteiger partial charge on any atom is -0.478 e. The van der Waals surface area contributed by atoms with E-state index in [-0.39, 0.29) is 23.7 Å². The van der Waals surface area contributed by atoms with E-state index in [4.69, 9.17) is 5.11 Å². The highest BCUT2D eigenvalue weighted by atomic mass is 19.1. The smallest absolute Gasteiger partial charge is 0.328 e. The number of H-pyrrole nitrogens is 1. The molecule has 5 nitrogen and oxygen atoms in total. The molecular formula is C30H28F3N3O2. The lowest BCUT2D eigenvalue weighted by molar-refractivity contribution is -0.131. The number of benzene rings is 3. The van der Waals surface area contributed by atoms with Gasteiger partial charge in [0.25, 0.3) is 0 Å². The van der Waals surface area contributed by atoms with Crippen LogP contribution in [0.3, 0.4) is 0 Å². The fourth-order valence-electron chi connectivity index (χ4n) is 5.35. The van der Waals surface area contributed by atoms with Gasteiger partial charge in [0.2, 0.25) is 0 Å². The molecule has 1 aliphatic heterocycles. The highest BCUT2D eigenvalue weighted by Crippen LogP contribution is 2.42. The molecule has 8 heteroatoms. The summed E-state index contributed by atoms with van der Waals surface area (Å²) in [5, 5.41) is 16.9. The molecule has 2 heterocycles. The second-order valence-electron chi connectivity index (χ2n) is 10.5. The third kappa shape index (κ3) is 5.09. The van der Waals surface area contributed by atoms with Gasteiger partial charge in [0.1, 0.15) is 17.3 Å². The lowest BCUT2D eigenvalue weighted by Crippen LogP contribution is -2.48. The van der Waals surface area contributed by atoms with E-state index in [2.05, 4.69) is 10.2 Å². The van der Waals surface area contributed by atoms with Gasteiger partial charge in [0, 0.05) is 29.6 Å². The van der Waals surface area contributed by atoms with Crippen molar-refractivity contribution in [2.24, 2.45) is 0 Å². The van der Waals surface area contributed by atoms with Crippen molar-refractivity contribution in [3.05, 3.63) is 94.7 Å². The molecular weight excluding hydrogens is 491 g/mol. The first-order valence-corrected chi connectivity index (χ1v) is 12.4. The molecule has 0 saturated heterocycles. The Morgan fingerprint density at radius 2 is 1.82 bits per heavy atom. The Morgan fingerprint density at radius 3 is 2.50 bits per heavy atom. The summed E-state index contributed by atoms with van der Waals surface area (Å²) in [6.45, 7) is 4.82. The topological polar surface area (TPSA) is 69.2 Å². The molecule has 0 amide bonds. The van der Waals surface area contributed by atoms with Crippen molar-refractivity contribution in [1.82, 2.24) is 15.1 Å². The number of hydrogen-bond acceptors (Lipinski definition) is 3. The zero-order chi connectivity index (χ0) is 27.2. The number of aromatic amines is 1. The van der Waals surface area contributed by atoms with Crippen molar-refractivity contribution in [2.75, 3.05) is 6.54 Å². The maximum atomic E-state index is 15.6. The molecule has 0 unspecified atom stereocenters. The Hall–Kier alpha value is -3.91. The zero-order valence-electron chi connectivity index (χ0n) is 21.3. The molecule has 2 atom stereocenters. The van der Waals surface area contributed by atoms with E-state index < -0.39 is 29.3 Å². The molecule has 3 aromatic carbocycles. The Labute approximate surface area is 218 Å². The van der Waals surface area contributed by atoms with Crippen molar-refractivity contribution in [2.45, 2.75) is 44.9 Å². The van der Waals surface area contributed by atoms with Gasteiger partial charge in [-0.1, -0.05) is 24.3 Å². The number of fused-ring (bicyclic) bond motifs is 2. The van der Waals surface area contributed by atoms with Gasteiger partial charge in [0.15, 0.2) is 0 Å². The SMILES string of the molecule is C[C@H]1Cc2cc(-c3ccc4[nH]ncc4c3)ccc2[C@H](c2c(F)cc(/C=C/C(=O)O)cc2F)N1CC(C)(C)F. The fourth-order valence-corrected chi connectivity index (χ4v) is 5.35. The Bertz CT molecular complexity index is 1530. The van der Waals surface area contributed by atoms with Gasteiger partial charge in [0.05, 0.1) is 17.8 Å².